The van der Waals surface area contributed by atoms with Gasteiger partial charge in [-0.25, -0.2) is 12.8 Å². The van der Waals surface area contributed by atoms with Crippen molar-refractivity contribution in [2.45, 2.75) is 13.0 Å². The normalized spacial score (nSPS) is 11.8. The molecule has 8 heteroatoms. The van der Waals surface area contributed by atoms with Crippen molar-refractivity contribution in [3.8, 4) is 0 Å². The lowest BCUT2D eigenvalue weighted by Crippen LogP contribution is -2.40. The van der Waals surface area contributed by atoms with Gasteiger partial charge in [-0.1, -0.05) is 42.5 Å². The van der Waals surface area contributed by atoms with Crippen LogP contribution in [0.3, 0.4) is 0 Å². The van der Waals surface area contributed by atoms with Gasteiger partial charge >= 0.3 is 0 Å². The number of nitrogens with one attached hydrogen (secondary N) is 1. The molecule has 0 spiro atoms. The van der Waals surface area contributed by atoms with E-state index in [2.05, 4.69) is 5.32 Å². The summed E-state index contributed by atoms with van der Waals surface area (Å²) in [5, 5.41) is 3.76. The SMILES string of the molecule is COCCCN(CC(=O)NCc1ccc(F)cc1)S(=O)(=O)C=Cc1ccccc1. The third-order valence-electron chi connectivity index (χ3n) is 4.07. The highest BCUT2D eigenvalue weighted by Crippen LogP contribution is 2.09. The summed E-state index contributed by atoms with van der Waals surface area (Å²) in [6, 6.07) is 14.8. The number of nitrogens with zero attached hydrogens (tertiary/aromatic N) is 1. The van der Waals surface area contributed by atoms with Crippen molar-refractivity contribution < 1.29 is 22.3 Å². The first-order valence-electron chi connectivity index (χ1n) is 9.14. The zero-order chi connectivity index (χ0) is 21.1. The number of carbonyl (C=O) groups excluding carboxylic acids is 1. The topological polar surface area (TPSA) is 75.7 Å². The highest BCUT2D eigenvalue weighted by molar-refractivity contribution is 7.92. The lowest BCUT2D eigenvalue weighted by Gasteiger charge is -2.20. The lowest BCUT2D eigenvalue weighted by molar-refractivity contribution is -0.121. The van der Waals surface area contributed by atoms with Gasteiger partial charge < -0.3 is 10.1 Å². The first-order chi connectivity index (χ1) is 13.9. The minimum atomic E-state index is -3.80. The summed E-state index contributed by atoms with van der Waals surface area (Å²) in [5.74, 6) is -0.802. The van der Waals surface area contributed by atoms with Crippen molar-refractivity contribution in [1.29, 1.82) is 0 Å². The number of hydrogen-bond donors (Lipinski definition) is 1. The van der Waals surface area contributed by atoms with Crippen LogP contribution >= 0.6 is 0 Å². The molecule has 2 aromatic rings. The number of benzene rings is 2. The van der Waals surface area contributed by atoms with Crippen LogP contribution in [-0.2, 0) is 26.1 Å². The second kappa shape index (κ2) is 11.5. The van der Waals surface area contributed by atoms with Gasteiger partial charge in [0.25, 0.3) is 0 Å². The van der Waals surface area contributed by atoms with Crippen LogP contribution < -0.4 is 5.32 Å². The van der Waals surface area contributed by atoms with Gasteiger partial charge in [-0.15, -0.1) is 0 Å². The first kappa shape index (κ1) is 22.7. The molecule has 0 aromatic heterocycles. The Balaban J connectivity index is 2.02. The molecule has 0 saturated heterocycles. The number of rotatable bonds is 11. The summed E-state index contributed by atoms with van der Waals surface area (Å²) < 4.78 is 44.5. The van der Waals surface area contributed by atoms with Gasteiger partial charge in [0, 0.05) is 32.2 Å². The van der Waals surface area contributed by atoms with Gasteiger partial charge in [0.15, 0.2) is 0 Å². The van der Waals surface area contributed by atoms with Crippen molar-refractivity contribution in [2.24, 2.45) is 0 Å². The highest BCUT2D eigenvalue weighted by atomic mass is 32.2. The lowest BCUT2D eigenvalue weighted by atomic mass is 10.2. The molecule has 0 radical (unpaired) electrons. The third kappa shape index (κ3) is 8.15. The maximum atomic E-state index is 13.0. The first-order valence-corrected chi connectivity index (χ1v) is 10.6. The van der Waals surface area contributed by atoms with Crippen LogP contribution in [-0.4, -0.2) is 45.4 Å². The second-order valence-corrected chi connectivity index (χ2v) is 8.16. The van der Waals surface area contributed by atoms with Gasteiger partial charge in [-0.2, -0.15) is 4.31 Å². The molecular weight excluding hydrogens is 395 g/mol. The van der Waals surface area contributed by atoms with E-state index in [1.54, 1.807) is 24.3 Å². The predicted molar refractivity (Wildman–Crippen MR) is 111 cm³/mol. The molecule has 0 fully saturated rings. The van der Waals surface area contributed by atoms with E-state index in [1.807, 2.05) is 18.2 Å². The van der Waals surface area contributed by atoms with E-state index in [9.17, 15) is 17.6 Å². The number of methoxy groups -OCH3 is 1. The quantitative estimate of drug-likeness (QED) is 0.567. The average molecular weight is 421 g/mol. The van der Waals surface area contributed by atoms with E-state index in [4.69, 9.17) is 4.74 Å². The zero-order valence-corrected chi connectivity index (χ0v) is 17.1. The Morgan fingerprint density at radius 2 is 1.83 bits per heavy atom. The van der Waals surface area contributed by atoms with E-state index in [-0.39, 0.29) is 25.5 Å². The third-order valence-corrected chi connectivity index (χ3v) is 5.58. The molecule has 0 aliphatic carbocycles. The van der Waals surface area contributed by atoms with Gasteiger partial charge in [0.1, 0.15) is 5.82 Å². The molecule has 0 heterocycles. The molecule has 29 heavy (non-hydrogen) atoms. The van der Waals surface area contributed by atoms with Crippen LogP contribution in [0, 0.1) is 5.82 Å². The molecule has 0 aliphatic rings. The van der Waals surface area contributed by atoms with Crippen LogP contribution in [0.5, 0.6) is 0 Å². The van der Waals surface area contributed by atoms with E-state index in [0.717, 1.165) is 20.8 Å². The fraction of sp³-hybridized carbons (Fsp3) is 0.286. The molecule has 0 atom stereocenters. The Hall–Kier alpha value is -2.55. The summed E-state index contributed by atoms with van der Waals surface area (Å²) in [5.41, 5.74) is 1.46. The molecule has 6 nitrogen and oxygen atoms in total. The molecule has 2 aromatic carbocycles. The number of ether oxygens (including phenoxy) is 1. The Morgan fingerprint density at radius 3 is 2.48 bits per heavy atom. The minimum absolute atomic E-state index is 0.152. The fourth-order valence-electron chi connectivity index (χ4n) is 2.52. The minimum Gasteiger partial charge on any atom is -0.385 e. The summed E-state index contributed by atoms with van der Waals surface area (Å²) in [6.45, 7) is 0.405. The van der Waals surface area contributed by atoms with E-state index < -0.39 is 15.9 Å². The molecular formula is C21H25FN2O4S. The average Bonchev–Trinajstić information content (AvgIpc) is 2.72. The molecule has 0 unspecified atom stereocenters. The summed E-state index contributed by atoms with van der Waals surface area (Å²) in [6.07, 6.45) is 1.95. The van der Waals surface area contributed by atoms with Gasteiger partial charge in [0.2, 0.25) is 15.9 Å². The van der Waals surface area contributed by atoms with Crippen molar-refractivity contribution in [3.05, 3.63) is 76.9 Å². The molecule has 2 rings (SSSR count). The largest absolute Gasteiger partial charge is 0.385 e. The fourth-order valence-corrected chi connectivity index (χ4v) is 3.70. The van der Waals surface area contributed by atoms with Crippen LogP contribution in [0.1, 0.15) is 17.5 Å². The Bertz CT molecular complexity index is 900. The highest BCUT2D eigenvalue weighted by Gasteiger charge is 2.21. The number of carbonyl (C=O) groups is 1. The van der Waals surface area contributed by atoms with Crippen molar-refractivity contribution >= 4 is 22.0 Å². The monoisotopic (exact) mass is 420 g/mol. The zero-order valence-electron chi connectivity index (χ0n) is 16.3. The maximum absolute atomic E-state index is 13.0. The van der Waals surface area contributed by atoms with E-state index in [1.165, 1.54) is 25.3 Å². The van der Waals surface area contributed by atoms with Crippen LogP contribution in [0.25, 0.3) is 6.08 Å². The predicted octanol–water partition coefficient (Wildman–Crippen LogP) is 2.78. The van der Waals surface area contributed by atoms with Gasteiger partial charge in [0.05, 0.1) is 6.54 Å². The Morgan fingerprint density at radius 1 is 1.14 bits per heavy atom. The standard InChI is InChI=1S/C21H25FN2O4S/c1-28-14-5-13-24(29(26,27)15-12-18-6-3-2-4-7-18)17-21(25)23-16-19-8-10-20(22)11-9-19/h2-4,6-12,15H,5,13-14,16-17H2,1H3,(H,23,25). The maximum Gasteiger partial charge on any atom is 0.236 e. The van der Waals surface area contributed by atoms with Gasteiger partial charge in [-0.3, -0.25) is 4.79 Å². The Kier molecular flexibility index (Phi) is 8.98. The molecule has 0 saturated carbocycles. The number of sulfonamides is 1. The molecule has 156 valence electrons. The molecule has 1 amide bonds. The van der Waals surface area contributed by atoms with Crippen LogP contribution in [0.2, 0.25) is 0 Å². The molecule has 0 aliphatic heterocycles. The summed E-state index contributed by atoms with van der Waals surface area (Å²) in [7, 11) is -2.27. The van der Waals surface area contributed by atoms with Gasteiger partial charge in [-0.05, 0) is 35.8 Å². The second-order valence-electron chi connectivity index (χ2n) is 6.34. The number of amides is 1. The van der Waals surface area contributed by atoms with Crippen molar-refractivity contribution in [3.63, 3.8) is 0 Å². The summed E-state index contributed by atoms with van der Waals surface area (Å²) in [4.78, 5) is 12.3. The molecule has 0 bridgehead atoms. The van der Waals surface area contributed by atoms with Crippen molar-refractivity contribution in [1.82, 2.24) is 9.62 Å². The van der Waals surface area contributed by atoms with E-state index >= 15 is 0 Å². The van der Waals surface area contributed by atoms with Crippen molar-refractivity contribution in [2.75, 3.05) is 26.8 Å². The van der Waals surface area contributed by atoms with Crippen LogP contribution in [0.4, 0.5) is 4.39 Å². The summed E-state index contributed by atoms with van der Waals surface area (Å²) >= 11 is 0. The smallest absolute Gasteiger partial charge is 0.236 e. The molecule has 1 N–H and O–H groups in total. The van der Waals surface area contributed by atoms with Crippen LogP contribution in [0.15, 0.2) is 60.0 Å². The Labute approximate surface area is 171 Å². The number of hydrogen-bond acceptors (Lipinski definition) is 4. The number of halogens is 1. The van der Waals surface area contributed by atoms with E-state index in [0.29, 0.717) is 13.0 Å².